The van der Waals surface area contributed by atoms with E-state index in [1.807, 2.05) is 23.4 Å². The average Bonchev–Trinajstić information content (AvgIpc) is 2.97. The number of aromatic nitrogens is 5. The monoisotopic (exact) mass is 248 g/mol. The molecule has 18 heavy (non-hydrogen) atoms. The van der Waals surface area contributed by atoms with E-state index in [9.17, 15) is 0 Å². The fourth-order valence-corrected chi connectivity index (χ4v) is 1.76. The number of aryl methyl sites for hydroxylation is 2. The second-order valence-corrected chi connectivity index (χ2v) is 4.63. The number of nitrogens with one attached hydrogen (secondary N) is 1. The molecule has 2 aromatic heterocycles. The molecule has 0 amide bonds. The minimum absolute atomic E-state index is 0.489. The van der Waals surface area contributed by atoms with Gasteiger partial charge in [-0.25, -0.2) is 4.98 Å². The first kappa shape index (κ1) is 12.8. The van der Waals surface area contributed by atoms with E-state index in [-0.39, 0.29) is 0 Å². The molecule has 1 N–H and O–H groups in total. The maximum absolute atomic E-state index is 4.20. The first-order valence-electron chi connectivity index (χ1n) is 6.32. The van der Waals surface area contributed by atoms with E-state index < -0.39 is 0 Å². The lowest BCUT2D eigenvalue weighted by molar-refractivity contribution is 0.496. The van der Waals surface area contributed by atoms with E-state index in [1.165, 1.54) is 5.69 Å². The molecule has 0 saturated heterocycles. The van der Waals surface area contributed by atoms with Crippen molar-refractivity contribution in [3.05, 3.63) is 30.6 Å². The van der Waals surface area contributed by atoms with Crippen molar-refractivity contribution in [2.24, 2.45) is 0 Å². The molecule has 0 fully saturated rings. The molecule has 2 rings (SSSR count). The van der Waals surface area contributed by atoms with Crippen LogP contribution in [0.25, 0.3) is 0 Å². The summed E-state index contributed by atoms with van der Waals surface area (Å²) >= 11 is 0. The highest BCUT2D eigenvalue weighted by Crippen LogP contribution is 2.02. The van der Waals surface area contributed by atoms with Gasteiger partial charge in [-0.2, -0.15) is 0 Å². The molecule has 0 aliphatic carbocycles. The lowest BCUT2D eigenvalue weighted by Crippen LogP contribution is -2.23. The molecule has 2 heterocycles. The largest absolute Gasteiger partial charge is 0.333 e. The fourth-order valence-electron chi connectivity index (χ4n) is 1.76. The topological polar surface area (TPSA) is 60.6 Å². The second kappa shape index (κ2) is 6.30. The van der Waals surface area contributed by atoms with Gasteiger partial charge in [-0.1, -0.05) is 19.1 Å². The Kier molecular flexibility index (Phi) is 4.46. The highest BCUT2D eigenvalue weighted by Gasteiger charge is 2.02. The van der Waals surface area contributed by atoms with Gasteiger partial charge in [0, 0.05) is 38.1 Å². The van der Waals surface area contributed by atoms with Crippen LogP contribution in [0.3, 0.4) is 0 Å². The van der Waals surface area contributed by atoms with E-state index in [2.05, 4.69) is 39.0 Å². The predicted molar refractivity (Wildman–Crippen MR) is 68.8 cm³/mol. The van der Waals surface area contributed by atoms with Gasteiger partial charge >= 0.3 is 0 Å². The summed E-state index contributed by atoms with van der Waals surface area (Å²) in [6.45, 7) is 6.99. The maximum Gasteiger partial charge on any atom is 0.0948 e. The van der Waals surface area contributed by atoms with Gasteiger partial charge in [0.25, 0.3) is 0 Å². The predicted octanol–water partition coefficient (Wildman–Crippen LogP) is 1.06. The Bertz CT molecular complexity index is 445. The van der Waals surface area contributed by atoms with Gasteiger partial charge < -0.3 is 9.88 Å². The van der Waals surface area contributed by atoms with Crippen LogP contribution in [0.2, 0.25) is 0 Å². The standard InChI is InChI=1S/C12H20N6/c1-11(2)14-9-12-8-13-10-17(12)5-3-6-18-7-4-15-16-18/h4,7-8,10-11,14H,3,5-6,9H2,1-2H3. The van der Waals surface area contributed by atoms with E-state index in [0.29, 0.717) is 6.04 Å². The van der Waals surface area contributed by atoms with Crippen LogP contribution in [-0.4, -0.2) is 30.6 Å². The van der Waals surface area contributed by atoms with Crippen LogP contribution in [0.4, 0.5) is 0 Å². The molecular formula is C12H20N6. The van der Waals surface area contributed by atoms with Crippen LogP contribution in [0.1, 0.15) is 26.0 Å². The molecule has 0 atom stereocenters. The summed E-state index contributed by atoms with van der Waals surface area (Å²) in [5.74, 6) is 0. The van der Waals surface area contributed by atoms with Gasteiger partial charge in [-0.15, -0.1) is 5.10 Å². The summed E-state index contributed by atoms with van der Waals surface area (Å²) in [4.78, 5) is 4.20. The molecule has 0 bridgehead atoms. The van der Waals surface area contributed by atoms with Crippen molar-refractivity contribution in [2.45, 2.75) is 45.9 Å². The first-order valence-corrected chi connectivity index (χ1v) is 6.32. The Hall–Kier alpha value is -1.69. The Morgan fingerprint density at radius 2 is 2.22 bits per heavy atom. The third-order valence-corrected chi connectivity index (χ3v) is 2.75. The van der Waals surface area contributed by atoms with Gasteiger partial charge in [0.1, 0.15) is 0 Å². The third kappa shape index (κ3) is 3.66. The Morgan fingerprint density at radius 3 is 2.94 bits per heavy atom. The Balaban J connectivity index is 1.80. The lowest BCUT2D eigenvalue weighted by Gasteiger charge is -2.11. The average molecular weight is 248 g/mol. The summed E-state index contributed by atoms with van der Waals surface area (Å²) in [5.41, 5.74) is 1.22. The molecule has 0 saturated carbocycles. The van der Waals surface area contributed by atoms with Gasteiger partial charge in [-0.05, 0) is 6.42 Å². The van der Waals surface area contributed by atoms with Crippen molar-refractivity contribution in [1.29, 1.82) is 0 Å². The molecule has 98 valence electrons. The summed E-state index contributed by atoms with van der Waals surface area (Å²) in [6, 6.07) is 0.489. The summed E-state index contributed by atoms with van der Waals surface area (Å²) in [7, 11) is 0. The number of hydrogen-bond acceptors (Lipinski definition) is 4. The third-order valence-electron chi connectivity index (χ3n) is 2.75. The molecule has 0 radical (unpaired) electrons. The smallest absolute Gasteiger partial charge is 0.0948 e. The van der Waals surface area contributed by atoms with Crippen molar-refractivity contribution >= 4 is 0 Å². The quantitative estimate of drug-likeness (QED) is 0.796. The Morgan fingerprint density at radius 1 is 1.33 bits per heavy atom. The van der Waals surface area contributed by atoms with Gasteiger partial charge in [0.05, 0.1) is 18.2 Å². The highest BCUT2D eigenvalue weighted by molar-refractivity contribution is 4.98. The molecule has 2 aromatic rings. The molecule has 0 unspecified atom stereocenters. The normalized spacial score (nSPS) is 11.3. The van der Waals surface area contributed by atoms with Crippen molar-refractivity contribution in [2.75, 3.05) is 0 Å². The minimum Gasteiger partial charge on any atom is -0.333 e. The zero-order valence-electron chi connectivity index (χ0n) is 11.0. The second-order valence-electron chi connectivity index (χ2n) is 4.63. The van der Waals surface area contributed by atoms with Crippen molar-refractivity contribution < 1.29 is 0 Å². The zero-order chi connectivity index (χ0) is 12.8. The summed E-state index contributed by atoms with van der Waals surface area (Å²) < 4.78 is 4.04. The first-order chi connectivity index (χ1) is 8.75. The van der Waals surface area contributed by atoms with E-state index in [1.54, 1.807) is 6.20 Å². The van der Waals surface area contributed by atoms with Gasteiger partial charge in [0.2, 0.25) is 0 Å². The zero-order valence-corrected chi connectivity index (χ0v) is 11.0. The summed E-state index contributed by atoms with van der Waals surface area (Å²) in [5, 5.41) is 11.1. The van der Waals surface area contributed by atoms with Crippen molar-refractivity contribution in [1.82, 2.24) is 29.9 Å². The number of hydrogen-bond donors (Lipinski definition) is 1. The van der Waals surface area contributed by atoms with Crippen LogP contribution in [0.5, 0.6) is 0 Å². The van der Waals surface area contributed by atoms with E-state index in [0.717, 1.165) is 26.1 Å². The van der Waals surface area contributed by atoms with Gasteiger partial charge in [-0.3, -0.25) is 4.68 Å². The van der Waals surface area contributed by atoms with E-state index in [4.69, 9.17) is 0 Å². The summed E-state index contributed by atoms with van der Waals surface area (Å²) in [6.07, 6.45) is 8.42. The Labute approximate surface area is 107 Å². The fraction of sp³-hybridized carbons (Fsp3) is 0.583. The van der Waals surface area contributed by atoms with Crippen molar-refractivity contribution in [3.63, 3.8) is 0 Å². The molecule has 0 aromatic carbocycles. The number of imidazole rings is 1. The highest BCUT2D eigenvalue weighted by atomic mass is 15.4. The van der Waals surface area contributed by atoms with E-state index >= 15 is 0 Å². The molecule has 0 spiro atoms. The molecule has 0 aliphatic heterocycles. The minimum atomic E-state index is 0.489. The van der Waals surface area contributed by atoms with Crippen LogP contribution in [-0.2, 0) is 19.6 Å². The van der Waals surface area contributed by atoms with Crippen LogP contribution < -0.4 is 5.32 Å². The molecule has 6 nitrogen and oxygen atoms in total. The van der Waals surface area contributed by atoms with Gasteiger partial charge in [0.15, 0.2) is 0 Å². The maximum atomic E-state index is 4.20. The number of nitrogens with zero attached hydrogens (tertiary/aromatic N) is 5. The molecule has 0 aliphatic rings. The van der Waals surface area contributed by atoms with Crippen LogP contribution in [0.15, 0.2) is 24.9 Å². The number of rotatable bonds is 7. The lowest BCUT2D eigenvalue weighted by atomic mass is 10.3. The van der Waals surface area contributed by atoms with Crippen molar-refractivity contribution in [3.8, 4) is 0 Å². The molecular weight excluding hydrogens is 228 g/mol. The molecule has 6 heteroatoms. The van der Waals surface area contributed by atoms with Crippen LogP contribution >= 0.6 is 0 Å². The SMILES string of the molecule is CC(C)NCc1cncn1CCCn1ccnn1. The van der Waals surface area contributed by atoms with Crippen LogP contribution in [0, 0.1) is 0 Å².